The summed E-state index contributed by atoms with van der Waals surface area (Å²) in [4.78, 5) is 44.4. The van der Waals surface area contributed by atoms with Crippen molar-refractivity contribution in [3.8, 4) is 0 Å². The number of nitrogens with two attached hydrogens (primary N) is 1. The number of benzene rings is 2. The molecule has 2 aromatic heterocycles. The number of aromatic nitrogens is 4. The fourth-order valence-corrected chi connectivity index (χ4v) is 3.72. The van der Waals surface area contributed by atoms with Gasteiger partial charge in [0.1, 0.15) is 18.7 Å². The van der Waals surface area contributed by atoms with E-state index in [1.165, 1.54) is 12.7 Å². The van der Waals surface area contributed by atoms with Crippen LogP contribution in [0.4, 0.5) is 0 Å². The van der Waals surface area contributed by atoms with E-state index >= 15 is 0 Å². The predicted molar refractivity (Wildman–Crippen MR) is 162 cm³/mol. The van der Waals surface area contributed by atoms with Gasteiger partial charge in [-0.2, -0.15) is 0 Å². The Bertz CT molecular complexity index is 1320. The molecule has 2 aromatic carbocycles. The highest BCUT2D eigenvalue weighted by molar-refractivity contribution is 6.13. The van der Waals surface area contributed by atoms with E-state index in [9.17, 15) is 9.59 Å². The summed E-state index contributed by atoms with van der Waals surface area (Å²) in [5, 5.41) is 0. The van der Waals surface area contributed by atoms with Crippen LogP contribution in [0.25, 0.3) is 0 Å². The summed E-state index contributed by atoms with van der Waals surface area (Å²) in [7, 11) is 0. The number of hydrogen-bond acceptors (Lipinski definition) is 10. The SMILES string of the molecule is CCOC(=O)C(Cc1ccncn1)N=C(c1ccccc1)c1ccccc1.CCOC(=O)C(N)Cc1ccncn1.Cl. The number of hydrogen-bond donors (Lipinski definition) is 1. The molecule has 2 atom stereocenters. The van der Waals surface area contributed by atoms with Crippen LogP contribution in [-0.4, -0.2) is 62.9 Å². The fourth-order valence-electron chi connectivity index (χ4n) is 3.72. The minimum absolute atomic E-state index is 0. The molecular weight excluding hydrogens is 556 g/mol. The molecule has 42 heavy (non-hydrogen) atoms. The normalized spacial score (nSPS) is 11.4. The maximum Gasteiger partial charge on any atom is 0.331 e. The average Bonchev–Trinajstić information content (AvgIpc) is 3.01. The molecule has 0 bridgehead atoms. The van der Waals surface area contributed by atoms with Crippen molar-refractivity contribution in [1.82, 2.24) is 19.9 Å². The van der Waals surface area contributed by atoms with Gasteiger partial charge in [-0.3, -0.25) is 9.79 Å². The lowest BCUT2D eigenvalue weighted by Gasteiger charge is -2.15. The van der Waals surface area contributed by atoms with Crippen LogP contribution in [0.15, 0.2) is 103 Å². The van der Waals surface area contributed by atoms with Crippen molar-refractivity contribution >= 4 is 30.1 Å². The van der Waals surface area contributed by atoms with E-state index in [1.807, 2.05) is 60.7 Å². The summed E-state index contributed by atoms with van der Waals surface area (Å²) in [6, 6.07) is 21.8. The van der Waals surface area contributed by atoms with E-state index in [0.717, 1.165) is 28.2 Å². The Hall–Kier alpha value is -4.54. The lowest BCUT2D eigenvalue weighted by molar-refractivity contribution is -0.145. The third-order valence-electron chi connectivity index (χ3n) is 5.65. The highest BCUT2D eigenvalue weighted by Gasteiger charge is 2.22. The van der Waals surface area contributed by atoms with Crippen LogP contribution >= 0.6 is 12.4 Å². The molecule has 2 unspecified atom stereocenters. The van der Waals surface area contributed by atoms with Crippen molar-refractivity contribution in [3.63, 3.8) is 0 Å². The fraction of sp³-hybridized carbons (Fsp3) is 0.258. The van der Waals surface area contributed by atoms with Crippen molar-refractivity contribution in [2.75, 3.05) is 13.2 Å². The number of ether oxygens (including phenoxy) is 2. The number of carbonyl (C=O) groups is 2. The van der Waals surface area contributed by atoms with Gasteiger partial charge in [-0.05, 0) is 26.0 Å². The Morgan fingerprint density at radius 3 is 1.67 bits per heavy atom. The van der Waals surface area contributed by atoms with Crippen molar-refractivity contribution in [1.29, 1.82) is 0 Å². The lowest BCUT2D eigenvalue weighted by atomic mass is 10.0. The Morgan fingerprint density at radius 1 is 0.738 bits per heavy atom. The number of nitrogens with zero attached hydrogens (tertiary/aromatic N) is 5. The van der Waals surface area contributed by atoms with Gasteiger partial charge < -0.3 is 15.2 Å². The summed E-state index contributed by atoms with van der Waals surface area (Å²) in [6.45, 7) is 4.19. The van der Waals surface area contributed by atoms with Gasteiger partial charge in [0.2, 0.25) is 0 Å². The highest BCUT2D eigenvalue weighted by atomic mass is 35.5. The topological polar surface area (TPSA) is 143 Å². The van der Waals surface area contributed by atoms with Gasteiger partial charge in [0.15, 0.2) is 6.04 Å². The smallest absolute Gasteiger partial charge is 0.331 e. The molecule has 0 fully saturated rings. The molecule has 4 rings (SSSR count). The number of carbonyl (C=O) groups excluding carboxylic acids is 2. The van der Waals surface area contributed by atoms with Gasteiger partial charge in [-0.25, -0.2) is 24.7 Å². The first-order valence-electron chi connectivity index (χ1n) is 13.3. The van der Waals surface area contributed by atoms with E-state index in [0.29, 0.717) is 26.1 Å². The second-order valence-corrected chi connectivity index (χ2v) is 8.65. The lowest BCUT2D eigenvalue weighted by Crippen LogP contribution is -2.34. The van der Waals surface area contributed by atoms with E-state index in [-0.39, 0.29) is 18.4 Å². The molecule has 0 amide bonds. The molecule has 0 radical (unpaired) electrons. The van der Waals surface area contributed by atoms with Crippen molar-refractivity contribution < 1.29 is 19.1 Å². The average molecular weight is 591 g/mol. The zero-order chi connectivity index (χ0) is 29.3. The molecule has 0 saturated heterocycles. The molecule has 220 valence electrons. The van der Waals surface area contributed by atoms with Gasteiger partial charge in [0.25, 0.3) is 0 Å². The predicted octanol–water partition coefficient (Wildman–Crippen LogP) is 3.82. The van der Waals surface area contributed by atoms with E-state index < -0.39 is 18.1 Å². The van der Waals surface area contributed by atoms with Gasteiger partial charge in [0, 0.05) is 47.8 Å². The number of rotatable bonds is 11. The Kier molecular flexibility index (Phi) is 15.0. The quantitative estimate of drug-likeness (QED) is 0.204. The molecule has 0 aliphatic heterocycles. The molecule has 10 nitrogen and oxygen atoms in total. The first kappa shape index (κ1) is 33.7. The molecule has 4 aromatic rings. The Morgan fingerprint density at radius 2 is 1.21 bits per heavy atom. The van der Waals surface area contributed by atoms with Crippen LogP contribution < -0.4 is 5.73 Å². The number of aliphatic imine (C=N–C) groups is 1. The van der Waals surface area contributed by atoms with Crippen LogP contribution in [0.1, 0.15) is 36.4 Å². The largest absolute Gasteiger partial charge is 0.465 e. The van der Waals surface area contributed by atoms with Crippen LogP contribution in [-0.2, 0) is 31.9 Å². The van der Waals surface area contributed by atoms with Crippen LogP contribution in [0, 0.1) is 0 Å². The number of halogens is 1. The molecular formula is C31H35ClN6O4. The van der Waals surface area contributed by atoms with E-state index in [4.69, 9.17) is 20.2 Å². The molecule has 2 heterocycles. The van der Waals surface area contributed by atoms with Crippen LogP contribution in [0.2, 0.25) is 0 Å². The zero-order valence-corrected chi connectivity index (χ0v) is 24.4. The van der Waals surface area contributed by atoms with Crippen molar-refractivity contribution in [3.05, 3.63) is 120 Å². The second kappa shape index (κ2) is 18.7. The monoisotopic (exact) mass is 590 g/mol. The molecule has 0 aliphatic carbocycles. The molecule has 2 N–H and O–H groups in total. The van der Waals surface area contributed by atoms with Gasteiger partial charge in [-0.1, -0.05) is 60.7 Å². The second-order valence-electron chi connectivity index (χ2n) is 8.65. The van der Waals surface area contributed by atoms with Gasteiger partial charge >= 0.3 is 11.9 Å². The van der Waals surface area contributed by atoms with Crippen molar-refractivity contribution in [2.45, 2.75) is 38.8 Å². The standard InChI is InChI=1S/C22H21N3O2.C9H13N3O2.ClH/c1-2-27-22(26)20(15-19-13-14-23-16-24-19)25-21(17-9-5-3-6-10-17)18-11-7-4-8-12-18;1-2-14-9(13)8(10)5-7-3-4-11-6-12-7;/h3-14,16,20H,2,15H2,1H3;3-4,6,8H,2,5,10H2,1H3;1H. The highest BCUT2D eigenvalue weighted by Crippen LogP contribution is 2.15. The third kappa shape index (κ3) is 11.1. The maximum absolute atomic E-state index is 12.6. The van der Waals surface area contributed by atoms with Crippen LogP contribution in [0.3, 0.4) is 0 Å². The zero-order valence-electron chi connectivity index (χ0n) is 23.6. The van der Waals surface area contributed by atoms with Gasteiger partial charge in [0.05, 0.1) is 18.9 Å². The minimum Gasteiger partial charge on any atom is -0.465 e. The first-order chi connectivity index (χ1) is 20.0. The molecule has 0 spiro atoms. The summed E-state index contributed by atoms with van der Waals surface area (Å²) < 4.78 is 10.0. The summed E-state index contributed by atoms with van der Waals surface area (Å²) in [5.41, 5.74) is 9.72. The van der Waals surface area contributed by atoms with E-state index in [1.54, 1.807) is 38.4 Å². The molecule has 0 aliphatic rings. The molecule has 0 saturated carbocycles. The third-order valence-corrected chi connectivity index (χ3v) is 5.65. The number of esters is 2. The van der Waals surface area contributed by atoms with Crippen molar-refractivity contribution in [2.24, 2.45) is 10.7 Å². The van der Waals surface area contributed by atoms with Gasteiger partial charge in [-0.15, -0.1) is 12.4 Å². The summed E-state index contributed by atoms with van der Waals surface area (Å²) in [5.74, 6) is -0.758. The van der Waals surface area contributed by atoms with Crippen LogP contribution in [0.5, 0.6) is 0 Å². The Labute approximate surface area is 251 Å². The minimum atomic E-state index is -0.685. The maximum atomic E-state index is 12.6. The van der Waals surface area contributed by atoms with E-state index in [2.05, 4.69) is 19.9 Å². The summed E-state index contributed by atoms with van der Waals surface area (Å²) in [6.07, 6.45) is 6.89. The Balaban J connectivity index is 0.000000349. The first-order valence-corrected chi connectivity index (χ1v) is 13.3. The summed E-state index contributed by atoms with van der Waals surface area (Å²) >= 11 is 0. The molecule has 11 heteroatoms.